The maximum absolute atomic E-state index is 11.8. The number of para-hydroxylation sites is 1. The Hall–Kier alpha value is -2.78. The molecule has 0 radical (unpaired) electrons. The van der Waals surface area contributed by atoms with E-state index in [9.17, 15) is 10.1 Å². The van der Waals surface area contributed by atoms with Gasteiger partial charge in [0.1, 0.15) is 6.33 Å². The minimum atomic E-state index is -0.388. The molecule has 28 heavy (non-hydrogen) atoms. The molecular formula is C19H24N6O3. The van der Waals surface area contributed by atoms with Crippen LogP contribution in [0, 0.1) is 10.1 Å². The summed E-state index contributed by atoms with van der Waals surface area (Å²) in [5, 5.41) is 15.0. The first kappa shape index (κ1) is 18.6. The minimum Gasteiger partial charge on any atom is -0.379 e. The summed E-state index contributed by atoms with van der Waals surface area (Å²) in [6.07, 6.45) is 3.12. The van der Waals surface area contributed by atoms with Gasteiger partial charge in [0, 0.05) is 31.9 Å². The fraction of sp³-hybridized carbons (Fsp3) is 0.474. The second-order valence-electron chi connectivity index (χ2n) is 6.92. The van der Waals surface area contributed by atoms with Gasteiger partial charge in [-0.1, -0.05) is 18.2 Å². The molecule has 0 amide bonds. The summed E-state index contributed by atoms with van der Waals surface area (Å²) in [7, 11) is 0. The maximum Gasteiger partial charge on any atom is 0.353 e. The van der Waals surface area contributed by atoms with E-state index >= 15 is 0 Å². The van der Waals surface area contributed by atoms with Crippen molar-refractivity contribution in [2.75, 3.05) is 56.2 Å². The van der Waals surface area contributed by atoms with Crippen molar-refractivity contribution in [1.82, 2.24) is 14.9 Å². The van der Waals surface area contributed by atoms with Gasteiger partial charge in [-0.05, 0) is 31.0 Å². The maximum atomic E-state index is 11.8. The van der Waals surface area contributed by atoms with Crippen LogP contribution in [0.5, 0.6) is 0 Å². The van der Waals surface area contributed by atoms with E-state index in [4.69, 9.17) is 4.74 Å². The van der Waals surface area contributed by atoms with Crippen LogP contribution in [0.15, 0.2) is 30.6 Å². The molecule has 9 nitrogen and oxygen atoms in total. The molecule has 0 bridgehead atoms. The predicted molar refractivity (Wildman–Crippen MR) is 106 cm³/mol. The Morgan fingerprint density at radius 1 is 1.18 bits per heavy atom. The molecule has 2 aliphatic rings. The third kappa shape index (κ3) is 3.90. The number of benzene rings is 1. The Morgan fingerprint density at radius 2 is 2.00 bits per heavy atom. The van der Waals surface area contributed by atoms with Crippen LogP contribution >= 0.6 is 0 Å². The van der Waals surface area contributed by atoms with Crippen molar-refractivity contribution in [2.24, 2.45) is 0 Å². The second-order valence-corrected chi connectivity index (χ2v) is 6.92. The van der Waals surface area contributed by atoms with Gasteiger partial charge < -0.3 is 15.0 Å². The van der Waals surface area contributed by atoms with Crippen molar-refractivity contribution in [1.29, 1.82) is 0 Å². The van der Waals surface area contributed by atoms with Gasteiger partial charge >= 0.3 is 5.69 Å². The van der Waals surface area contributed by atoms with Crippen molar-refractivity contribution >= 4 is 23.0 Å². The first-order valence-corrected chi connectivity index (χ1v) is 9.63. The molecule has 0 atom stereocenters. The summed E-state index contributed by atoms with van der Waals surface area (Å²) in [6.45, 7) is 5.63. The van der Waals surface area contributed by atoms with Gasteiger partial charge in [-0.15, -0.1) is 0 Å². The van der Waals surface area contributed by atoms with Crippen LogP contribution in [0.3, 0.4) is 0 Å². The van der Waals surface area contributed by atoms with E-state index in [0.717, 1.165) is 51.4 Å². The number of morpholine rings is 1. The molecule has 0 spiro atoms. The van der Waals surface area contributed by atoms with E-state index < -0.39 is 0 Å². The highest BCUT2D eigenvalue weighted by atomic mass is 16.6. The fourth-order valence-electron chi connectivity index (χ4n) is 3.76. The molecule has 4 rings (SSSR count). The van der Waals surface area contributed by atoms with Gasteiger partial charge in [0.05, 0.1) is 18.1 Å². The molecule has 9 heteroatoms. The molecule has 1 aromatic carbocycles. The zero-order valence-corrected chi connectivity index (χ0v) is 15.7. The van der Waals surface area contributed by atoms with E-state index in [-0.39, 0.29) is 16.4 Å². The number of ether oxygens (including phenoxy) is 1. The lowest BCUT2D eigenvalue weighted by Gasteiger charge is -2.26. The quantitative estimate of drug-likeness (QED) is 0.441. The molecule has 1 fully saturated rings. The lowest BCUT2D eigenvalue weighted by atomic mass is 10.2. The van der Waals surface area contributed by atoms with Gasteiger partial charge in [0.25, 0.3) is 0 Å². The number of hydrogen-bond acceptors (Lipinski definition) is 8. The van der Waals surface area contributed by atoms with Crippen LogP contribution in [0.25, 0.3) is 0 Å². The molecule has 0 aliphatic carbocycles. The van der Waals surface area contributed by atoms with E-state index in [0.29, 0.717) is 18.9 Å². The lowest BCUT2D eigenvalue weighted by Crippen LogP contribution is -2.37. The summed E-state index contributed by atoms with van der Waals surface area (Å²) in [6, 6.07) is 7.95. The van der Waals surface area contributed by atoms with Crippen LogP contribution in [-0.2, 0) is 11.2 Å². The summed E-state index contributed by atoms with van der Waals surface area (Å²) >= 11 is 0. The number of rotatable bonds is 7. The molecule has 148 valence electrons. The van der Waals surface area contributed by atoms with E-state index in [1.165, 1.54) is 11.9 Å². The molecular weight excluding hydrogens is 360 g/mol. The van der Waals surface area contributed by atoms with Gasteiger partial charge in [-0.2, -0.15) is 0 Å². The Labute approximate surface area is 163 Å². The topological polar surface area (TPSA) is 96.7 Å². The normalized spacial score (nSPS) is 16.8. The van der Waals surface area contributed by atoms with Crippen LogP contribution in [-0.4, -0.2) is 65.7 Å². The standard InChI is InChI=1S/C19H24N6O3/c26-25(27)17-18(20-7-3-8-23-10-12-28-13-11-23)21-14-22-19(17)24-9-6-15-4-1-2-5-16(15)24/h1-2,4-5,14H,3,6-13H2,(H,20,21,22). The summed E-state index contributed by atoms with van der Waals surface area (Å²) in [5.74, 6) is 0.627. The zero-order valence-electron chi connectivity index (χ0n) is 15.7. The minimum absolute atomic E-state index is 0.0643. The van der Waals surface area contributed by atoms with Crippen LogP contribution in [0.2, 0.25) is 0 Å². The number of nitrogens with zero attached hydrogens (tertiary/aromatic N) is 5. The Balaban J connectivity index is 1.48. The molecule has 3 heterocycles. The van der Waals surface area contributed by atoms with Gasteiger partial charge in [-0.25, -0.2) is 9.97 Å². The third-order valence-electron chi connectivity index (χ3n) is 5.18. The van der Waals surface area contributed by atoms with Gasteiger partial charge in [0.15, 0.2) is 0 Å². The van der Waals surface area contributed by atoms with Gasteiger partial charge in [-0.3, -0.25) is 15.0 Å². The Kier molecular flexibility index (Phi) is 5.63. The number of nitro groups is 1. The third-order valence-corrected chi connectivity index (χ3v) is 5.18. The van der Waals surface area contributed by atoms with Crippen LogP contribution in [0.4, 0.5) is 23.0 Å². The molecule has 2 aliphatic heterocycles. The number of hydrogen-bond donors (Lipinski definition) is 1. The number of nitrogens with one attached hydrogen (secondary N) is 1. The van der Waals surface area contributed by atoms with Crippen LogP contribution in [0.1, 0.15) is 12.0 Å². The monoisotopic (exact) mass is 384 g/mol. The summed E-state index contributed by atoms with van der Waals surface area (Å²) in [4.78, 5) is 24.1. The number of aromatic nitrogens is 2. The Bertz CT molecular complexity index is 840. The smallest absolute Gasteiger partial charge is 0.353 e. The summed E-state index contributed by atoms with van der Waals surface area (Å²) in [5.41, 5.74) is 2.09. The highest BCUT2D eigenvalue weighted by Gasteiger charge is 2.31. The van der Waals surface area contributed by atoms with E-state index in [1.54, 1.807) is 0 Å². The van der Waals surface area contributed by atoms with Crippen molar-refractivity contribution in [3.8, 4) is 0 Å². The molecule has 0 unspecified atom stereocenters. The van der Waals surface area contributed by atoms with E-state index in [1.807, 2.05) is 29.2 Å². The molecule has 0 saturated carbocycles. The molecule has 1 N–H and O–H groups in total. The molecule has 1 saturated heterocycles. The average molecular weight is 384 g/mol. The van der Waals surface area contributed by atoms with Crippen LogP contribution < -0.4 is 10.2 Å². The largest absolute Gasteiger partial charge is 0.379 e. The molecule has 1 aromatic heterocycles. The van der Waals surface area contributed by atoms with Crippen molar-refractivity contribution in [3.05, 3.63) is 46.3 Å². The SMILES string of the molecule is O=[N+]([O-])c1c(NCCCN2CCOCC2)ncnc1N1CCc2ccccc21. The van der Waals surface area contributed by atoms with Gasteiger partial charge in [0.2, 0.25) is 11.6 Å². The summed E-state index contributed by atoms with van der Waals surface area (Å²) < 4.78 is 5.35. The first-order valence-electron chi connectivity index (χ1n) is 9.63. The second kappa shape index (κ2) is 8.49. The first-order chi connectivity index (χ1) is 13.7. The van der Waals surface area contributed by atoms with Crippen molar-refractivity contribution < 1.29 is 9.66 Å². The van der Waals surface area contributed by atoms with Crippen molar-refractivity contribution in [3.63, 3.8) is 0 Å². The predicted octanol–water partition coefficient (Wildman–Crippen LogP) is 2.21. The number of fused-ring (bicyclic) bond motifs is 1. The van der Waals surface area contributed by atoms with E-state index in [2.05, 4.69) is 20.2 Å². The highest BCUT2D eigenvalue weighted by Crippen LogP contribution is 2.39. The zero-order chi connectivity index (χ0) is 19.3. The average Bonchev–Trinajstić information content (AvgIpc) is 3.15. The molecule has 2 aromatic rings. The number of anilines is 3. The lowest BCUT2D eigenvalue weighted by molar-refractivity contribution is -0.383. The Morgan fingerprint density at radius 3 is 2.82 bits per heavy atom. The van der Waals surface area contributed by atoms with Crippen molar-refractivity contribution in [2.45, 2.75) is 12.8 Å². The fourth-order valence-corrected chi connectivity index (χ4v) is 3.76. The highest BCUT2D eigenvalue weighted by molar-refractivity contribution is 5.78.